The molecule has 0 spiro atoms. The molecule has 3 heteroatoms. The summed E-state index contributed by atoms with van der Waals surface area (Å²) in [6.45, 7) is 0. The van der Waals surface area contributed by atoms with Gasteiger partial charge in [0, 0.05) is 32.8 Å². The number of rotatable bonds is 5. The lowest BCUT2D eigenvalue weighted by Crippen LogP contribution is -1.94. The summed E-state index contributed by atoms with van der Waals surface area (Å²) in [6.07, 6.45) is 1.92. The van der Waals surface area contributed by atoms with Crippen LogP contribution in [0, 0.1) is 0 Å². The molecule has 0 bridgehead atoms. The Bertz CT molecular complexity index is 3580. The first-order chi connectivity index (χ1) is 29.2. The van der Waals surface area contributed by atoms with Crippen LogP contribution in [0.2, 0.25) is 0 Å². The van der Waals surface area contributed by atoms with Crippen LogP contribution in [0.3, 0.4) is 0 Å². The van der Waals surface area contributed by atoms with E-state index in [9.17, 15) is 0 Å². The van der Waals surface area contributed by atoms with Gasteiger partial charge in [-0.3, -0.25) is 4.98 Å². The van der Waals surface area contributed by atoms with E-state index in [2.05, 4.69) is 211 Å². The van der Waals surface area contributed by atoms with Crippen LogP contribution in [0.4, 0.5) is 0 Å². The van der Waals surface area contributed by atoms with Crippen molar-refractivity contribution in [2.75, 3.05) is 0 Å². The topological polar surface area (TPSA) is 30.7 Å². The van der Waals surface area contributed by atoms with E-state index in [0.717, 1.165) is 49.9 Å². The standard InChI is InChI=1S/C56H35N3/c1-2-12-39-31-42(28-27-36(39)11-1)43-29-30-54-51(34-43)48-19-7-8-22-53(48)59(54)45-16-10-14-41(33-45)38-25-23-37(24-26-38)40-13-9-15-44(32-40)52-35-57-55-49-20-5-3-17-46(49)47-18-4-6-21-50(47)56(55)58-52/h1-35H. The van der Waals surface area contributed by atoms with Gasteiger partial charge in [0.15, 0.2) is 0 Å². The van der Waals surface area contributed by atoms with Crippen LogP contribution in [0.25, 0.3) is 115 Å². The first-order valence-electron chi connectivity index (χ1n) is 20.1. The quantitative estimate of drug-likeness (QED) is 0.164. The zero-order valence-electron chi connectivity index (χ0n) is 32.0. The molecule has 2 aromatic heterocycles. The van der Waals surface area contributed by atoms with Crippen molar-refractivity contribution >= 4 is 65.2 Å². The molecule has 0 aliphatic rings. The molecule has 59 heavy (non-hydrogen) atoms. The van der Waals surface area contributed by atoms with E-state index >= 15 is 0 Å². The Morgan fingerprint density at radius 2 is 0.847 bits per heavy atom. The third kappa shape index (κ3) is 5.51. The van der Waals surface area contributed by atoms with Crippen LogP contribution < -0.4 is 0 Å². The van der Waals surface area contributed by atoms with E-state index in [1.165, 1.54) is 65.6 Å². The molecule has 0 atom stereocenters. The Hall–Kier alpha value is -7.88. The van der Waals surface area contributed by atoms with Crippen LogP contribution in [-0.2, 0) is 0 Å². The number of hydrogen-bond donors (Lipinski definition) is 0. The largest absolute Gasteiger partial charge is 0.309 e. The van der Waals surface area contributed by atoms with Crippen molar-refractivity contribution in [3.8, 4) is 50.3 Å². The molecule has 0 fully saturated rings. The highest BCUT2D eigenvalue weighted by Gasteiger charge is 2.15. The van der Waals surface area contributed by atoms with Gasteiger partial charge in [-0.25, -0.2) is 4.98 Å². The van der Waals surface area contributed by atoms with Crippen LogP contribution in [-0.4, -0.2) is 14.5 Å². The molecular weight excluding hydrogens is 715 g/mol. The average Bonchev–Trinajstić information content (AvgIpc) is 3.65. The zero-order chi connectivity index (χ0) is 38.9. The van der Waals surface area contributed by atoms with Crippen LogP contribution >= 0.6 is 0 Å². The molecule has 2 heterocycles. The second-order valence-corrected chi connectivity index (χ2v) is 15.4. The highest BCUT2D eigenvalue weighted by atomic mass is 15.0. The summed E-state index contributed by atoms with van der Waals surface area (Å²) in [6, 6.07) is 74.4. The molecule has 0 amide bonds. The Labute approximate surface area is 341 Å². The van der Waals surface area contributed by atoms with Crippen molar-refractivity contribution < 1.29 is 0 Å². The number of fused-ring (bicyclic) bond motifs is 10. The fourth-order valence-corrected chi connectivity index (χ4v) is 9.10. The highest BCUT2D eigenvalue weighted by molar-refractivity contribution is 6.23. The molecule has 0 N–H and O–H groups in total. The van der Waals surface area contributed by atoms with Gasteiger partial charge in [-0.15, -0.1) is 0 Å². The number of nitrogens with zero attached hydrogens (tertiary/aromatic N) is 3. The Kier molecular flexibility index (Phi) is 7.54. The predicted molar refractivity (Wildman–Crippen MR) is 248 cm³/mol. The van der Waals surface area contributed by atoms with Crippen molar-refractivity contribution in [2.45, 2.75) is 0 Å². The van der Waals surface area contributed by atoms with E-state index in [-0.39, 0.29) is 0 Å². The Morgan fingerprint density at radius 1 is 0.305 bits per heavy atom. The molecular formula is C56H35N3. The summed E-state index contributed by atoms with van der Waals surface area (Å²) in [5.74, 6) is 0. The van der Waals surface area contributed by atoms with Gasteiger partial charge in [0.1, 0.15) is 0 Å². The summed E-state index contributed by atoms with van der Waals surface area (Å²) in [7, 11) is 0. The van der Waals surface area contributed by atoms with E-state index in [1.54, 1.807) is 0 Å². The summed E-state index contributed by atoms with van der Waals surface area (Å²) in [5.41, 5.74) is 14.4. The van der Waals surface area contributed by atoms with Gasteiger partial charge in [0.25, 0.3) is 0 Å². The molecule has 0 saturated heterocycles. The van der Waals surface area contributed by atoms with Crippen molar-refractivity contribution in [2.24, 2.45) is 0 Å². The lowest BCUT2D eigenvalue weighted by atomic mass is 9.98. The smallest absolute Gasteiger partial charge is 0.0979 e. The number of para-hydroxylation sites is 1. The maximum Gasteiger partial charge on any atom is 0.0979 e. The minimum absolute atomic E-state index is 0.864. The second kappa shape index (κ2) is 13.4. The Morgan fingerprint density at radius 3 is 1.63 bits per heavy atom. The van der Waals surface area contributed by atoms with Gasteiger partial charge >= 0.3 is 0 Å². The number of aromatic nitrogens is 3. The molecule has 0 radical (unpaired) electrons. The molecule has 0 saturated carbocycles. The lowest BCUT2D eigenvalue weighted by molar-refractivity contribution is 1.18. The number of hydrogen-bond acceptors (Lipinski definition) is 2. The van der Waals surface area contributed by atoms with Gasteiger partial charge in [-0.2, -0.15) is 0 Å². The minimum Gasteiger partial charge on any atom is -0.309 e. The molecule has 0 aliphatic carbocycles. The van der Waals surface area contributed by atoms with Gasteiger partial charge in [0.05, 0.1) is 34.0 Å². The zero-order valence-corrected chi connectivity index (χ0v) is 32.0. The maximum atomic E-state index is 5.24. The first kappa shape index (κ1) is 33.3. The predicted octanol–water partition coefficient (Wildman–Crippen LogP) is 14.9. The van der Waals surface area contributed by atoms with Crippen molar-refractivity contribution in [3.05, 3.63) is 212 Å². The monoisotopic (exact) mass is 749 g/mol. The van der Waals surface area contributed by atoms with E-state index in [1.807, 2.05) is 6.20 Å². The normalized spacial score (nSPS) is 11.7. The lowest BCUT2D eigenvalue weighted by Gasteiger charge is -2.12. The average molecular weight is 750 g/mol. The third-order valence-electron chi connectivity index (χ3n) is 12.0. The summed E-state index contributed by atoms with van der Waals surface area (Å²) < 4.78 is 2.40. The second-order valence-electron chi connectivity index (χ2n) is 15.4. The van der Waals surface area contributed by atoms with E-state index in [4.69, 9.17) is 9.97 Å². The molecule has 12 aromatic rings. The third-order valence-corrected chi connectivity index (χ3v) is 12.0. The van der Waals surface area contributed by atoms with Crippen LogP contribution in [0.5, 0.6) is 0 Å². The molecule has 0 aliphatic heterocycles. The molecule has 274 valence electrons. The summed E-state index contributed by atoms with van der Waals surface area (Å²) in [5, 5.41) is 9.66. The van der Waals surface area contributed by atoms with Gasteiger partial charge in [0.2, 0.25) is 0 Å². The summed E-state index contributed by atoms with van der Waals surface area (Å²) >= 11 is 0. The van der Waals surface area contributed by atoms with Crippen LogP contribution in [0.1, 0.15) is 0 Å². The Balaban J connectivity index is 0.882. The van der Waals surface area contributed by atoms with Crippen LogP contribution in [0.15, 0.2) is 212 Å². The fourth-order valence-electron chi connectivity index (χ4n) is 9.10. The minimum atomic E-state index is 0.864. The van der Waals surface area contributed by atoms with Crippen molar-refractivity contribution in [3.63, 3.8) is 0 Å². The van der Waals surface area contributed by atoms with Gasteiger partial charge in [-0.1, -0.05) is 164 Å². The van der Waals surface area contributed by atoms with Gasteiger partial charge in [-0.05, 0) is 97.4 Å². The molecule has 12 rings (SSSR count). The maximum absolute atomic E-state index is 5.24. The number of benzene rings is 10. The first-order valence-corrected chi connectivity index (χ1v) is 20.1. The van der Waals surface area contributed by atoms with Crippen molar-refractivity contribution in [1.82, 2.24) is 14.5 Å². The fraction of sp³-hybridized carbons (Fsp3) is 0. The highest BCUT2D eigenvalue weighted by Crippen LogP contribution is 2.38. The summed E-state index contributed by atoms with van der Waals surface area (Å²) in [4.78, 5) is 10.2. The van der Waals surface area contributed by atoms with E-state index in [0.29, 0.717) is 0 Å². The van der Waals surface area contributed by atoms with Crippen molar-refractivity contribution in [1.29, 1.82) is 0 Å². The molecule has 10 aromatic carbocycles. The van der Waals surface area contributed by atoms with Gasteiger partial charge < -0.3 is 4.57 Å². The molecule has 3 nitrogen and oxygen atoms in total. The van der Waals surface area contributed by atoms with E-state index < -0.39 is 0 Å². The molecule has 0 unspecified atom stereocenters. The SMILES string of the molecule is c1cc(-c2ccc(-c3cccc(-n4c5ccccc5c5cc(-c6ccc7ccccc7c6)ccc54)c3)cc2)cc(-c2cnc3c4ccccc4c4ccccc4c3n2)c1.